The molecule has 15 heavy (non-hydrogen) atoms. The third kappa shape index (κ3) is 1.56. The molecule has 0 spiro atoms. The highest BCUT2D eigenvalue weighted by Crippen LogP contribution is 2.28. The summed E-state index contributed by atoms with van der Waals surface area (Å²) < 4.78 is 2.05. The third-order valence-electron chi connectivity index (χ3n) is 2.57. The Morgan fingerprint density at radius 2 is 1.80 bits per heavy atom. The second kappa shape index (κ2) is 3.69. The second-order valence-corrected chi connectivity index (χ2v) is 3.47. The molecule has 0 aliphatic rings. The first kappa shape index (κ1) is 9.65. The molecule has 0 atom stereocenters. The van der Waals surface area contributed by atoms with E-state index in [1.54, 1.807) is 0 Å². The standard InChI is InChI=1S/C12H15N3/c1-2-15-11(7-8-12(15)14)9-5-3-4-6-10(9)13/h3-8H,2,13-14H2,1H3. The van der Waals surface area contributed by atoms with Crippen LogP contribution in [-0.2, 0) is 6.54 Å². The van der Waals surface area contributed by atoms with E-state index < -0.39 is 0 Å². The van der Waals surface area contributed by atoms with Crippen molar-refractivity contribution in [3.63, 3.8) is 0 Å². The molecular formula is C12H15N3. The molecule has 0 radical (unpaired) electrons. The van der Waals surface area contributed by atoms with Crippen LogP contribution >= 0.6 is 0 Å². The van der Waals surface area contributed by atoms with Crippen molar-refractivity contribution in [1.82, 2.24) is 4.57 Å². The molecule has 78 valence electrons. The fourth-order valence-electron chi connectivity index (χ4n) is 1.80. The molecule has 2 rings (SSSR count). The predicted molar refractivity (Wildman–Crippen MR) is 64.4 cm³/mol. The van der Waals surface area contributed by atoms with Gasteiger partial charge in [-0.15, -0.1) is 0 Å². The summed E-state index contributed by atoms with van der Waals surface area (Å²) >= 11 is 0. The highest BCUT2D eigenvalue weighted by atomic mass is 15.0. The number of nitrogens with zero attached hydrogens (tertiary/aromatic N) is 1. The average molecular weight is 201 g/mol. The van der Waals surface area contributed by atoms with Crippen molar-refractivity contribution in [2.75, 3.05) is 11.5 Å². The molecule has 2 aromatic rings. The quantitative estimate of drug-likeness (QED) is 0.733. The van der Waals surface area contributed by atoms with Crippen molar-refractivity contribution in [3.05, 3.63) is 36.4 Å². The van der Waals surface area contributed by atoms with Gasteiger partial charge in [-0.3, -0.25) is 0 Å². The second-order valence-electron chi connectivity index (χ2n) is 3.47. The van der Waals surface area contributed by atoms with Gasteiger partial charge in [0.15, 0.2) is 0 Å². The van der Waals surface area contributed by atoms with E-state index in [0.717, 1.165) is 29.3 Å². The van der Waals surface area contributed by atoms with E-state index >= 15 is 0 Å². The van der Waals surface area contributed by atoms with E-state index in [0.29, 0.717) is 0 Å². The van der Waals surface area contributed by atoms with Crippen LogP contribution in [0.4, 0.5) is 11.5 Å². The van der Waals surface area contributed by atoms with Gasteiger partial charge in [-0.2, -0.15) is 0 Å². The maximum absolute atomic E-state index is 5.93. The lowest BCUT2D eigenvalue weighted by Gasteiger charge is -2.10. The molecule has 3 nitrogen and oxygen atoms in total. The number of anilines is 2. The van der Waals surface area contributed by atoms with E-state index in [1.165, 1.54) is 0 Å². The Morgan fingerprint density at radius 1 is 1.07 bits per heavy atom. The van der Waals surface area contributed by atoms with Crippen LogP contribution in [0.1, 0.15) is 6.92 Å². The Kier molecular flexibility index (Phi) is 2.37. The first-order valence-electron chi connectivity index (χ1n) is 5.04. The maximum atomic E-state index is 5.93. The normalized spacial score (nSPS) is 10.5. The summed E-state index contributed by atoms with van der Waals surface area (Å²) in [6, 6.07) is 11.7. The lowest BCUT2D eigenvalue weighted by atomic mass is 10.1. The van der Waals surface area contributed by atoms with Gasteiger partial charge >= 0.3 is 0 Å². The molecule has 0 aliphatic heterocycles. The highest BCUT2D eigenvalue weighted by Gasteiger charge is 2.08. The zero-order chi connectivity index (χ0) is 10.8. The molecule has 0 amide bonds. The number of nitrogen functional groups attached to an aromatic ring is 2. The van der Waals surface area contributed by atoms with Gasteiger partial charge in [-0.05, 0) is 25.1 Å². The van der Waals surface area contributed by atoms with Crippen LogP contribution in [0.2, 0.25) is 0 Å². The van der Waals surface area contributed by atoms with E-state index in [1.807, 2.05) is 41.0 Å². The molecule has 1 aromatic carbocycles. The monoisotopic (exact) mass is 201 g/mol. The fraction of sp³-hybridized carbons (Fsp3) is 0.167. The van der Waals surface area contributed by atoms with E-state index in [2.05, 4.69) is 6.92 Å². The summed E-state index contributed by atoms with van der Waals surface area (Å²) in [4.78, 5) is 0. The topological polar surface area (TPSA) is 57.0 Å². The molecule has 0 bridgehead atoms. The number of benzene rings is 1. The zero-order valence-electron chi connectivity index (χ0n) is 8.77. The van der Waals surface area contributed by atoms with Gasteiger partial charge in [0.2, 0.25) is 0 Å². The van der Waals surface area contributed by atoms with E-state index in [4.69, 9.17) is 11.5 Å². The molecule has 0 saturated carbocycles. The maximum Gasteiger partial charge on any atom is 0.103 e. The number of hydrogen-bond donors (Lipinski definition) is 2. The molecule has 0 saturated heterocycles. The minimum atomic E-state index is 0.774. The van der Waals surface area contributed by atoms with Gasteiger partial charge in [0, 0.05) is 17.8 Å². The molecular weight excluding hydrogens is 186 g/mol. The Hall–Kier alpha value is -1.90. The van der Waals surface area contributed by atoms with E-state index in [-0.39, 0.29) is 0 Å². The number of nitrogens with two attached hydrogens (primary N) is 2. The molecule has 1 aromatic heterocycles. The third-order valence-corrected chi connectivity index (χ3v) is 2.57. The van der Waals surface area contributed by atoms with Gasteiger partial charge < -0.3 is 16.0 Å². The largest absolute Gasteiger partial charge is 0.398 e. The van der Waals surface area contributed by atoms with Gasteiger partial charge in [-0.1, -0.05) is 18.2 Å². The fourth-order valence-corrected chi connectivity index (χ4v) is 1.80. The molecule has 0 fully saturated rings. The van der Waals surface area contributed by atoms with E-state index in [9.17, 15) is 0 Å². The van der Waals surface area contributed by atoms with Crippen molar-refractivity contribution in [2.45, 2.75) is 13.5 Å². The van der Waals surface area contributed by atoms with Gasteiger partial charge in [0.05, 0.1) is 5.69 Å². The van der Waals surface area contributed by atoms with Crippen molar-refractivity contribution >= 4 is 11.5 Å². The predicted octanol–water partition coefficient (Wildman–Crippen LogP) is 2.34. The summed E-state index contributed by atoms with van der Waals surface area (Å²) in [5.41, 5.74) is 14.7. The minimum absolute atomic E-state index is 0.774. The smallest absolute Gasteiger partial charge is 0.103 e. The van der Waals surface area contributed by atoms with Gasteiger partial charge in [0.1, 0.15) is 5.82 Å². The Labute approximate surface area is 89.3 Å². The van der Waals surface area contributed by atoms with Crippen molar-refractivity contribution in [1.29, 1.82) is 0 Å². The molecule has 1 heterocycles. The molecule has 4 N–H and O–H groups in total. The minimum Gasteiger partial charge on any atom is -0.398 e. The van der Waals surface area contributed by atoms with Crippen molar-refractivity contribution in [2.24, 2.45) is 0 Å². The average Bonchev–Trinajstić information content (AvgIpc) is 2.60. The zero-order valence-corrected chi connectivity index (χ0v) is 8.77. The van der Waals surface area contributed by atoms with Crippen LogP contribution in [0.25, 0.3) is 11.3 Å². The molecule has 0 unspecified atom stereocenters. The van der Waals surface area contributed by atoms with Crippen LogP contribution in [0, 0.1) is 0 Å². The molecule has 3 heteroatoms. The summed E-state index contributed by atoms with van der Waals surface area (Å²) in [5, 5.41) is 0. The van der Waals surface area contributed by atoms with Crippen LogP contribution in [0.3, 0.4) is 0 Å². The summed E-state index contributed by atoms with van der Waals surface area (Å²) in [6.07, 6.45) is 0. The lowest BCUT2D eigenvalue weighted by Crippen LogP contribution is -2.02. The van der Waals surface area contributed by atoms with Gasteiger partial charge in [-0.25, -0.2) is 0 Å². The first-order valence-corrected chi connectivity index (χ1v) is 5.04. The Morgan fingerprint density at radius 3 is 2.47 bits per heavy atom. The summed E-state index contributed by atoms with van der Waals surface area (Å²) in [6.45, 7) is 2.92. The first-order chi connectivity index (χ1) is 7.24. The van der Waals surface area contributed by atoms with Crippen LogP contribution in [-0.4, -0.2) is 4.57 Å². The van der Waals surface area contributed by atoms with Crippen LogP contribution < -0.4 is 11.5 Å². The number of rotatable bonds is 2. The SMILES string of the molecule is CCn1c(N)ccc1-c1ccccc1N. The summed E-state index contributed by atoms with van der Waals surface area (Å²) in [7, 11) is 0. The Balaban J connectivity index is 2.59. The van der Waals surface area contributed by atoms with Crippen LogP contribution in [0.15, 0.2) is 36.4 Å². The number of para-hydroxylation sites is 1. The Bertz CT molecular complexity index is 471. The lowest BCUT2D eigenvalue weighted by molar-refractivity contribution is 0.788. The van der Waals surface area contributed by atoms with Gasteiger partial charge in [0.25, 0.3) is 0 Å². The highest BCUT2D eigenvalue weighted by molar-refractivity contribution is 5.75. The molecule has 0 aliphatic carbocycles. The number of aromatic nitrogens is 1. The summed E-state index contributed by atoms with van der Waals surface area (Å²) in [5.74, 6) is 0.774. The van der Waals surface area contributed by atoms with Crippen LogP contribution in [0.5, 0.6) is 0 Å². The number of hydrogen-bond acceptors (Lipinski definition) is 2. The van der Waals surface area contributed by atoms with Crippen molar-refractivity contribution in [3.8, 4) is 11.3 Å². The van der Waals surface area contributed by atoms with Crippen molar-refractivity contribution < 1.29 is 0 Å².